The normalized spacial score (nSPS) is 12.0. The zero-order valence-corrected chi connectivity index (χ0v) is 15.0. The molecule has 0 spiro atoms. The van der Waals surface area contributed by atoms with Crippen LogP contribution in [-0.4, -0.2) is 12.5 Å². The number of quaternary nitrogens is 1. The van der Waals surface area contributed by atoms with Crippen LogP contribution in [0.4, 0.5) is 10.1 Å². The van der Waals surface area contributed by atoms with Gasteiger partial charge < -0.3 is 10.6 Å². The van der Waals surface area contributed by atoms with E-state index in [2.05, 4.69) is 28.2 Å². The number of anilines is 1. The Balaban J connectivity index is 1.93. The lowest BCUT2D eigenvalue weighted by molar-refractivity contribution is -0.686. The molecule has 0 aliphatic carbocycles. The Morgan fingerprint density at radius 3 is 2.61 bits per heavy atom. The number of hydrogen-bond donors (Lipinski definition) is 2. The summed E-state index contributed by atoms with van der Waals surface area (Å²) < 4.78 is 14.7. The van der Waals surface area contributed by atoms with Gasteiger partial charge in [-0.25, -0.2) is 4.39 Å². The van der Waals surface area contributed by atoms with Crippen LogP contribution in [0.1, 0.15) is 24.9 Å². The van der Waals surface area contributed by atoms with Crippen molar-refractivity contribution in [2.75, 3.05) is 11.9 Å². The van der Waals surface area contributed by atoms with Crippen molar-refractivity contribution < 1.29 is 14.5 Å². The summed E-state index contributed by atoms with van der Waals surface area (Å²) in [6, 6.07) is 12.4. The first-order chi connectivity index (χ1) is 11.0. The van der Waals surface area contributed by atoms with Crippen LogP contribution in [0.25, 0.3) is 0 Å². The number of hydrogen-bond acceptors (Lipinski definition) is 1. The zero-order chi connectivity index (χ0) is 16.8. The van der Waals surface area contributed by atoms with Crippen molar-refractivity contribution >= 4 is 39.1 Å². The Morgan fingerprint density at radius 2 is 2.00 bits per heavy atom. The Kier molecular flexibility index (Phi) is 6.57. The van der Waals surface area contributed by atoms with Gasteiger partial charge in [-0.05, 0) is 30.3 Å². The van der Waals surface area contributed by atoms with Crippen LogP contribution in [-0.2, 0) is 4.79 Å². The molecule has 2 aromatic rings. The fourth-order valence-corrected chi connectivity index (χ4v) is 2.71. The first-order valence-corrected chi connectivity index (χ1v) is 8.50. The number of carbonyl (C=O) groups is 1. The maximum atomic E-state index is 13.7. The fraction of sp³-hybridized carbons (Fsp3) is 0.235. The van der Waals surface area contributed by atoms with Crippen LogP contribution in [0.15, 0.2) is 46.9 Å². The van der Waals surface area contributed by atoms with Crippen LogP contribution < -0.4 is 10.6 Å². The van der Waals surface area contributed by atoms with E-state index in [4.69, 9.17) is 11.6 Å². The van der Waals surface area contributed by atoms with Gasteiger partial charge in [0.2, 0.25) is 0 Å². The highest BCUT2D eigenvalue weighted by Gasteiger charge is 2.15. The summed E-state index contributed by atoms with van der Waals surface area (Å²) in [4.78, 5) is 12.0. The van der Waals surface area contributed by atoms with Gasteiger partial charge in [-0.2, -0.15) is 0 Å². The average molecular weight is 401 g/mol. The molecule has 2 rings (SSSR count). The quantitative estimate of drug-likeness (QED) is 0.759. The molecule has 1 atom stereocenters. The van der Waals surface area contributed by atoms with Crippen LogP contribution >= 0.6 is 27.5 Å². The standard InChI is InChI=1S/C17H17BrClFN2O/c1-2-15(11-3-5-12(18)6-4-11)21-10-17(23)22-16-8-7-13(19)9-14(16)20/h3-9,15,21H,2,10H2,1H3,(H,22,23)/p+1/t15-/m1/s1. The summed E-state index contributed by atoms with van der Waals surface area (Å²) in [5.74, 6) is -0.785. The third kappa shape index (κ3) is 5.30. The topological polar surface area (TPSA) is 45.7 Å². The second-order valence-corrected chi connectivity index (χ2v) is 6.53. The molecule has 0 aliphatic heterocycles. The van der Waals surface area contributed by atoms with E-state index in [9.17, 15) is 9.18 Å². The van der Waals surface area contributed by atoms with Gasteiger partial charge in [0.15, 0.2) is 6.54 Å². The molecule has 0 saturated carbocycles. The highest BCUT2D eigenvalue weighted by molar-refractivity contribution is 9.10. The molecule has 23 heavy (non-hydrogen) atoms. The number of nitrogens with two attached hydrogens (primary N) is 1. The molecule has 122 valence electrons. The Morgan fingerprint density at radius 1 is 1.30 bits per heavy atom. The highest BCUT2D eigenvalue weighted by Crippen LogP contribution is 2.19. The van der Waals surface area contributed by atoms with E-state index >= 15 is 0 Å². The highest BCUT2D eigenvalue weighted by atomic mass is 79.9. The van der Waals surface area contributed by atoms with Crippen molar-refractivity contribution in [2.45, 2.75) is 19.4 Å². The lowest BCUT2D eigenvalue weighted by Gasteiger charge is -2.14. The van der Waals surface area contributed by atoms with Gasteiger partial charge >= 0.3 is 0 Å². The second-order valence-electron chi connectivity index (χ2n) is 5.18. The van der Waals surface area contributed by atoms with E-state index in [1.807, 2.05) is 29.6 Å². The maximum absolute atomic E-state index is 13.7. The molecular formula is C17H18BrClFN2O+. The molecule has 0 aliphatic rings. The van der Waals surface area contributed by atoms with Crippen LogP contribution in [0.2, 0.25) is 5.02 Å². The Labute approximate surface area is 148 Å². The van der Waals surface area contributed by atoms with Crippen molar-refractivity contribution in [1.82, 2.24) is 0 Å². The van der Waals surface area contributed by atoms with Gasteiger partial charge in [-0.15, -0.1) is 0 Å². The Bertz CT molecular complexity index is 679. The lowest BCUT2D eigenvalue weighted by atomic mass is 10.0. The summed E-state index contributed by atoms with van der Waals surface area (Å²) in [5, 5.41) is 4.82. The van der Waals surface area contributed by atoms with Crippen LogP contribution in [0.5, 0.6) is 0 Å². The SMILES string of the molecule is CC[C@@H]([NH2+]CC(=O)Nc1ccc(Cl)cc1F)c1ccc(Br)cc1. The molecule has 2 aromatic carbocycles. The fourth-order valence-electron chi connectivity index (χ4n) is 2.29. The predicted molar refractivity (Wildman–Crippen MR) is 94.0 cm³/mol. The minimum atomic E-state index is -0.536. The second kappa shape index (κ2) is 8.43. The molecule has 0 radical (unpaired) electrons. The number of nitrogens with one attached hydrogen (secondary N) is 1. The van der Waals surface area contributed by atoms with Crippen LogP contribution in [0, 0.1) is 5.82 Å². The molecule has 3 nitrogen and oxygen atoms in total. The van der Waals surface area contributed by atoms with E-state index in [1.165, 1.54) is 12.1 Å². The molecule has 0 saturated heterocycles. The molecule has 1 amide bonds. The van der Waals surface area contributed by atoms with E-state index < -0.39 is 5.82 Å². The van der Waals surface area contributed by atoms with Crippen molar-refractivity contribution in [2.24, 2.45) is 0 Å². The van der Waals surface area contributed by atoms with Gasteiger partial charge in [0.05, 0.1) is 5.69 Å². The minimum Gasteiger partial charge on any atom is -0.332 e. The third-order valence-electron chi connectivity index (χ3n) is 3.53. The van der Waals surface area contributed by atoms with Gasteiger partial charge in [-0.3, -0.25) is 4.79 Å². The summed E-state index contributed by atoms with van der Waals surface area (Å²) in [7, 11) is 0. The third-order valence-corrected chi connectivity index (χ3v) is 4.29. The average Bonchev–Trinajstić information content (AvgIpc) is 2.52. The van der Waals surface area contributed by atoms with Crippen molar-refractivity contribution in [3.05, 3.63) is 63.3 Å². The summed E-state index contributed by atoms with van der Waals surface area (Å²) >= 11 is 9.10. The zero-order valence-electron chi connectivity index (χ0n) is 12.7. The van der Waals surface area contributed by atoms with Gasteiger partial charge in [0, 0.05) is 21.5 Å². The monoisotopic (exact) mass is 399 g/mol. The number of benzene rings is 2. The van der Waals surface area contributed by atoms with Crippen molar-refractivity contribution in [3.63, 3.8) is 0 Å². The molecule has 3 N–H and O–H groups in total. The van der Waals surface area contributed by atoms with E-state index in [-0.39, 0.29) is 24.2 Å². The van der Waals surface area contributed by atoms with Crippen molar-refractivity contribution in [1.29, 1.82) is 0 Å². The van der Waals surface area contributed by atoms with E-state index in [0.29, 0.717) is 5.02 Å². The van der Waals surface area contributed by atoms with E-state index in [1.54, 1.807) is 6.07 Å². The molecular weight excluding hydrogens is 383 g/mol. The first kappa shape index (κ1) is 17.9. The maximum Gasteiger partial charge on any atom is 0.279 e. The summed E-state index contributed by atoms with van der Waals surface area (Å²) in [6.45, 7) is 2.29. The number of rotatable bonds is 6. The number of halogens is 3. The molecule has 0 aromatic heterocycles. The number of amides is 1. The predicted octanol–water partition coefficient (Wildman–Crippen LogP) is 3.89. The molecule has 0 unspecified atom stereocenters. The molecule has 0 heterocycles. The Hall–Kier alpha value is -1.43. The summed E-state index contributed by atoms with van der Waals surface area (Å²) in [5.41, 5.74) is 1.30. The van der Waals surface area contributed by atoms with Gasteiger partial charge in [0.25, 0.3) is 5.91 Å². The van der Waals surface area contributed by atoms with E-state index in [0.717, 1.165) is 16.5 Å². The molecule has 0 fully saturated rings. The molecule has 0 bridgehead atoms. The molecule has 6 heteroatoms. The van der Waals surface area contributed by atoms with Crippen molar-refractivity contribution in [3.8, 4) is 0 Å². The number of carbonyl (C=O) groups excluding carboxylic acids is 1. The smallest absolute Gasteiger partial charge is 0.279 e. The van der Waals surface area contributed by atoms with Gasteiger partial charge in [-0.1, -0.05) is 46.6 Å². The van der Waals surface area contributed by atoms with Crippen LogP contribution in [0.3, 0.4) is 0 Å². The summed E-state index contributed by atoms with van der Waals surface area (Å²) in [6.07, 6.45) is 0.893. The minimum absolute atomic E-state index is 0.143. The first-order valence-electron chi connectivity index (χ1n) is 7.33. The van der Waals surface area contributed by atoms with Gasteiger partial charge in [0.1, 0.15) is 11.9 Å². The largest absolute Gasteiger partial charge is 0.332 e. The lowest BCUT2D eigenvalue weighted by Crippen LogP contribution is -2.87.